The first-order valence-corrected chi connectivity index (χ1v) is 9.91. The van der Waals surface area contributed by atoms with Crippen LogP contribution in [-0.4, -0.2) is 64.3 Å². The minimum Gasteiger partial charge on any atom is -0.497 e. The maximum absolute atomic E-state index is 13.1. The van der Waals surface area contributed by atoms with Gasteiger partial charge in [0, 0.05) is 38.2 Å². The van der Waals surface area contributed by atoms with E-state index < -0.39 is 0 Å². The monoisotopic (exact) mass is 412 g/mol. The van der Waals surface area contributed by atoms with Crippen LogP contribution in [0.15, 0.2) is 48.5 Å². The average Bonchev–Trinajstić information content (AvgIpc) is 3.24. The van der Waals surface area contributed by atoms with E-state index in [2.05, 4.69) is 5.32 Å². The lowest BCUT2D eigenvalue weighted by Crippen LogP contribution is -2.37. The van der Waals surface area contributed by atoms with Crippen molar-refractivity contribution in [3.8, 4) is 11.5 Å². The van der Waals surface area contributed by atoms with E-state index in [1.54, 1.807) is 50.5 Å². The van der Waals surface area contributed by atoms with Crippen LogP contribution >= 0.6 is 0 Å². The third-order valence-electron chi connectivity index (χ3n) is 5.41. The van der Waals surface area contributed by atoms with E-state index in [1.165, 1.54) is 0 Å². The zero-order valence-corrected chi connectivity index (χ0v) is 17.6. The van der Waals surface area contributed by atoms with Crippen LogP contribution in [-0.2, 0) is 9.53 Å². The lowest BCUT2D eigenvalue weighted by Gasteiger charge is -2.18. The fraction of sp³-hybridized carbons (Fsp3) is 0.391. The summed E-state index contributed by atoms with van der Waals surface area (Å²) in [6.45, 7) is 1.69. The van der Waals surface area contributed by atoms with Gasteiger partial charge in [0.05, 0.1) is 26.7 Å². The van der Waals surface area contributed by atoms with Crippen molar-refractivity contribution >= 4 is 11.8 Å². The van der Waals surface area contributed by atoms with Crippen LogP contribution in [0.5, 0.6) is 11.5 Å². The van der Waals surface area contributed by atoms with Crippen LogP contribution in [0.4, 0.5) is 0 Å². The smallest absolute Gasteiger partial charge is 0.253 e. The second-order valence-corrected chi connectivity index (χ2v) is 7.21. The van der Waals surface area contributed by atoms with Crippen molar-refractivity contribution in [2.75, 3.05) is 47.6 Å². The highest BCUT2D eigenvalue weighted by Gasteiger charge is 2.40. The molecule has 1 saturated heterocycles. The second-order valence-electron chi connectivity index (χ2n) is 7.21. The van der Waals surface area contributed by atoms with Gasteiger partial charge in [0.1, 0.15) is 11.5 Å². The van der Waals surface area contributed by atoms with E-state index in [9.17, 15) is 9.59 Å². The minimum atomic E-state index is -0.351. The zero-order chi connectivity index (χ0) is 21.5. The first-order valence-electron chi connectivity index (χ1n) is 9.91. The van der Waals surface area contributed by atoms with Crippen LogP contribution < -0.4 is 14.8 Å². The van der Waals surface area contributed by atoms with E-state index in [0.717, 1.165) is 11.3 Å². The van der Waals surface area contributed by atoms with Gasteiger partial charge in [-0.3, -0.25) is 9.59 Å². The summed E-state index contributed by atoms with van der Waals surface area (Å²) >= 11 is 0. The van der Waals surface area contributed by atoms with Crippen molar-refractivity contribution < 1.29 is 23.8 Å². The van der Waals surface area contributed by atoms with Gasteiger partial charge in [-0.05, 0) is 42.0 Å². The summed E-state index contributed by atoms with van der Waals surface area (Å²) < 4.78 is 15.5. The molecule has 0 aliphatic carbocycles. The molecule has 0 bridgehead atoms. The molecule has 0 unspecified atom stereocenters. The molecule has 3 rings (SSSR count). The average molecular weight is 412 g/mol. The van der Waals surface area contributed by atoms with E-state index in [0.29, 0.717) is 37.6 Å². The Kier molecular flexibility index (Phi) is 7.30. The summed E-state index contributed by atoms with van der Waals surface area (Å²) in [6, 6.07) is 14.7. The van der Waals surface area contributed by atoms with Crippen molar-refractivity contribution in [3.63, 3.8) is 0 Å². The van der Waals surface area contributed by atoms with Crippen LogP contribution in [0.3, 0.4) is 0 Å². The fourth-order valence-electron chi connectivity index (χ4n) is 3.77. The van der Waals surface area contributed by atoms with E-state index in [1.807, 2.05) is 24.3 Å². The lowest BCUT2D eigenvalue weighted by molar-refractivity contribution is -0.125. The van der Waals surface area contributed by atoms with Gasteiger partial charge < -0.3 is 24.4 Å². The zero-order valence-electron chi connectivity index (χ0n) is 17.6. The molecule has 2 amide bonds. The number of hydrogen-bond acceptors (Lipinski definition) is 5. The molecule has 2 aromatic carbocycles. The Morgan fingerprint density at radius 1 is 1.00 bits per heavy atom. The lowest BCUT2D eigenvalue weighted by atomic mass is 9.88. The van der Waals surface area contributed by atoms with Crippen LogP contribution in [0.2, 0.25) is 0 Å². The number of ether oxygens (including phenoxy) is 3. The van der Waals surface area contributed by atoms with Gasteiger partial charge in [0.25, 0.3) is 5.91 Å². The van der Waals surface area contributed by atoms with Gasteiger partial charge in [-0.1, -0.05) is 12.1 Å². The predicted molar refractivity (Wildman–Crippen MR) is 113 cm³/mol. The highest BCUT2D eigenvalue weighted by molar-refractivity contribution is 5.95. The number of carbonyl (C=O) groups is 2. The summed E-state index contributed by atoms with van der Waals surface area (Å²) in [5.41, 5.74) is 1.55. The molecular weight excluding hydrogens is 384 g/mol. The fourth-order valence-corrected chi connectivity index (χ4v) is 3.77. The molecule has 160 valence electrons. The van der Waals surface area contributed by atoms with Crippen molar-refractivity contribution in [2.45, 2.75) is 5.92 Å². The number of carbonyl (C=O) groups excluding carboxylic acids is 2. The first-order chi connectivity index (χ1) is 14.6. The summed E-state index contributed by atoms with van der Waals surface area (Å²) in [5, 5.41) is 2.92. The number of nitrogens with zero attached hydrogens (tertiary/aromatic N) is 1. The van der Waals surface area contributed by atoms with E-state index in [-0.39, 0.29) is 23.7 Å². The number of amides is 2. The molecule has 0 saturated carbocycles. The molecular formula is C23H28N2O5. The maximum atomic E-state index is 13.1. The highest BCUT2D eigenvalue weighted by Crippen LogP contribution is 2.35. The van der Waals surface area contributed by atoms with Gasteiger partial charge in [0.15, 0.2) is 0 Å². The van der Waals surface area contributed by atoms with Crippen LogP contribution in [0.1, 0.15) is 21.8 Å². The number of hydrogen-bond donors (Lipinski definition) is 1. The van der Waals surface area contributed by atoms with Crippen molar-refractivity contribution in [2.24, 2.45) is 5.92 Å². The Morgan fingerprint density at radius 3 is 2.40 bits per heavy atom. The summed E-state index contributed by atoms with van der Waals surface area (Å²) in [7, 11) is 4.79. The number of methoxy groups -OCH3 is 3. The second kappa shape index (κ2) is 10.1. The maximum Gasteiger partial charge on any atom is 0.253 e. The molecule has 7 nitrogen and oxygen atoms in total. The SMILES string of the molecule is COCCNC(=O)[C@@H]1CN(C(=O)c2ccc(OC)cc2)C[C@@H]1c1cccc(OC)c1. The first kappa shape index (κ1) is 21.6. The Hall–Kier alpha value is -3.06. The van der Waals surface area contributed by atoms with Gasteiger partial charge >= 0.3 is 0 Å². The van der Waals surface area contributed by atoms with Crippen molar-refractivity contribution in [1.29, 1.82) is 0 Å². The number of benzene rings is 2. The molecule has 0 radical (unpaired) electrons. The summed E-state index contributed by atoms with van der Waals surface area (Å²) in [4.78, 5) is 27.7. The third-order valence-corrected chi connectivity index (χ3v) is 5.41. The van der Waals surface area contributed by atoms with Crippen LogP contribution in [0, 0.1) is 5.92 Å². The Morgan fingerprint density at radius 2 is 1.73 bits per heavy atom. The predicted octanol–water partition coefficient (Wildman–Crippen LogP) is 2.32. The molecule has 1 N–H and O–H groups in total. The topological polar surface area (TPSA) is 77.1 Å². The molecule has 1 heterocycles. The van der Waals surface area contributed by atoms with E-state index >= 15 is 0 Å². The van der Waals surface area contributed by atoms with Gasteiger partial charge in [-0.15, -0.1) is 0 Å². The standard InChI is InChI=1S/C23H28N2O5/c1-28-12-11-24-22(26)21-15-25(23(27)16-7-9-18(29-2)10-8-16)14-20(21)17-5-4-6-19(13-17)30-3/h4-10,13,20-21H,11-12,14-15H2,1-3H3,(H,24,26)/t20-,21-/m1/s1. The molecule has 30 heavy (non-hydrogen) atoms. The quantitative estimate of drug-likeness (QED) is 0.674. The molecule has 7 heteroatoms. The number of rotatable bonds is 8. The Bertz CT molecular complexity index is 868. The molecule has 0 spiro atoms. The molecule has 2 atom stereocenters. The summed E-state index contributed by atoms with van der Waals surface area (Å²) in [5.74, 6) is 0.771. The van der Waals surface area contributed by atoms with Gasteiger partial charge in [-0.2, -0.15) is 0 Å². The molecule has 1 aliphatic rings. The van der Waals surface area contributed by atoms with Gasteiger partial charge in [0.2, 0.25) is 5.91 Å². The number of likely N-dealkylation sites (tertiary alicyclic amines) is 1. The van der Waals surface area contributed by atoms with Gasteiger partial charge in [-0.25, -0.2) is 0 Å². The van der Waals surface area contributed by atoms with Crippen molar-refractivity contribution in [1.82, 2.24) is 10.2 Å². The minimum absolute atomic E-state index is 0.0788. The largest absolute Gasteiger partial charge is 0.497 e. The normalized spacial score (nSPS) is 18.2. The molecule has 1 fully saturated rings. The van der Waals surface area contributed by atoms with E-state index in [4.69, 9.17) is 14.2 Å². The highest BCUT2D eigenvalue weighted by atomic mass is 16.5. The van der Waals surface area contributed by atoms with Crippen LogP contribution in [0.25, 0.3) is 0 Å². The van der Waals surface area contributed by atoms with Crippen molar-refractivity contribution in [3.05, 3.63) is 59.7 Å². The molecule has 0 aromatic heterocycles. The Labute approximate surface area is 176 Å². The molecule has 2 aromatic rings. The Balaban J connectivity index is 1.82. The number of nitrogens with one attached hydrogen (secondary N) is 1. The summed E-state index contributed by atoms with van der Waals surface area (Å²) in [6.07, 6.45) is 0. The molecule has 1 aliphatic heterocycles. The third kappa shape index (κ3) is 4.91.